The molecule has 88 valence electrons. The number of halogens is 1. The highest BCUT2D eigenvalue weighted by molar-refractivity contribution is 6.30. The fourth-order valence-corrected chi connectivity index (χ4v) is 2.40. The number of ether oxygens (including phenoxy) is 1. The van der Waals surface area contributed by atoms with Gasteiger partial charge in [-0.15, -0.1) is 0 Å². The molecule has 0 aromatic heterocycles. The molecule has 1 unspecified atom stereocenters. The number of benzene rings is 1. The van der Waals surface area contributed by atoms with Gasteiger partial charge in [0.05, 0.1) is 6.61 Å². The molecule has 1 heterocycles. The summed E-state index contributed by atoms with van der Waals surface area (Å²) in [6, 6.07) is 3.98. The summed E-state index contributed by atoms with van der Waals surface area (Å²) in [6.45, 7) is 2.93. The Morgan fingerprint density at radius 2 is 2.31 bits per heavy atom. The standard InChI is InChI=1S/C13H18ClNO/c1-2-3-4-12(15)11-8-10(14)7-9-5-6-16-13(9)11/h7-8,12H,2-6,15H2,1H3. The van der Waals surface area contributed by atoms with E-state index in [0.717, 1.165) is 48.6 Å². The van der Waals surface area contributed by atoms with Crippen molar-refractivity contribution in [2.75, 3.05) is 6.61 Å². The van der Waals surface area contributed by atoms with Gasteiger partial charge in [0, 0.05) is 23.0 Å². The molecule has 1 atom stereocenters. The molecule has 0 fully saturated rings. The maximum absolute atomic E-state index is 6.18. The Labute approximate surface area is 102 Å². The van der Waals surface area contributed by atoms with Crippen molar-refractivity contribution >= 4 is 11.6 Å². The normalized spacial score (nSPS) is 15.7. The van der Waals surface area contributed by atoms with Gasteiger partial charge in [0.25, 0.3) is 0 Å². The first kappa shape index (κ1) is 11.7. The highest BCUT2D eigenvalue weighted by Gasteiger charge is 2.20. The third-order valence-electron chi connectivity index (χ3n) is 3.05. The maximum Gasteiger partial charge on any atom is 0.127 e. The lowest BCUT2D eigenvalue weighted by Gasteiger charge is -2.15. The van der Waals surface area contributed by atoms with E-state index in [9.17, 15) is 0 Å². The molecule has 0 radical (unpaired) electrons. The summed E-state index contributed by atoms with van der Waals surface area (Å²) >= 11 is 6.10. The molecule has 1 aromatic carbocycles. The van der Waals surface area contributed by atoms with E-state index in [-0.39, 0.29) is 6.04 Å². The smallest absolute Gasteiger partial charge is 0.127 e. The van der Waals surface area contributed by atoms with Gasteiger partial charge >= 0.3 is 0 Å². The summed E-state index contributed by atoms with van der Waals surface area (Å²) in [5.41, 5.74) is 8.46. The van der Waals surface area contributed by atoms with E-state index in [2.05, 4.69) is 6.92 Å². The first-order valence-electron chi connectivity index (χ1n) is 5.93. The third-order valence-corrected chi connectivity index (χ3v) is 3.26. The zero-order chi connectivity index (χ0) is 11.5. The van der Waals surface area contributed by atoms with Gasteiger partial charge in [-0.25, -0.2) is 0 Å². The molecule has 3 heteroatoms. The van der Waals surface area contributed by atoms with E-state index in [0.29, 0.717) is 0 Å². The summed E-state index contributed by atoms with van der Waals surface area (Å²) in [7, 11) is 0. The maximum atomic E-state index is 6.18. The minimum absolute atomic E-state index is 0.0468. The molecule has 2 N–H and O–H groups in total. The van der Waals surface area contributed by atoms with Crippen molar-refractivity contribution < 1.29 is 4.74 Å². The molecule has 0 aliphatic carbocycles. The van der Waals surface area contributed by atoms with Gasteiger partial charge in [-0.1, -0.05) is 31.4 Å². The van der Waals surface area contributed by atoms with Crippen LogP contribution in [0.3, 0.4) is 0 Å². The van der Waals surface area contributed by atoms with Crippen molar-refractivity contribution in [2.24, 2.45) is 5.73 Å². The SMILES string of the molecule is CCCCC(N)c1cc(Cl)cc2c1OCC2. The van der Waals surface area contributed by atoms with Crippen LogP contribution >= 0.6 is 11.6 Å². The Bertz CT molecular complexity index is 378. The average molecular weight is 240 g/mol. The largest absolute Gasteiger partial charge is 0.493 e. The van der Waals surface area contributed by atoms with E-state index in [1.807, 2.05) is 12.1 Å². The molecule has 1 aliphatic rings. The van der Waals surface area contributed by atoms with Gasteiger partial charge in [0.2, 0.25) is 0 Å². The highest BCUT2D eigenvalue weighted by atomic mass is 35.5. The van der Waals surface area contributed by atoms with Crippen LogP contribution in [0, 0.1) is 0 Å². The number of unbranched alkanes of at least 4 members (excludes halogenated alkanes) is 1. The fourth-order valence-electron chi connectivity index (χ4n) is 2.15. The van der Waals surface area contributed by atoms with Gasteiger partial charge in [-0.05, 0) is 24.1 Å². The Morgan fingerprint density at radius 3 is 3.06 bits per heavy atom. The van der Waals surface area contributed by atoms with E-state index in [1.54, 1.807) is 0 Å². The van der Waals surface area contributed by atoms with E-state index < -0.39 is 0 Å². The Kier molecular flexibility index (Phi) is 3.72. The summed E-state index contributed by atoms with van der Waals surface area (Å²) in [5.74, 6) is 0.980. The Morgan fingerprint density at radius 1 is 1.50 bits per heavy atom. The van der Waals surface area contributed by atoms with Crippen LogP contribution in [0.2, 0.25) is 5.02 Å². The van der Waals surface area contributed by atoms with Crippen LogP contribution in [0.25, 0.3) is 0 Å². The van der Waals surface area contributed by atoms with Crippen LogP contribution in [0.1, 0.15) is 43.4 Å². The highest BCUT2D eigenvalue weighted by Crippen LogP contribution is 2.36. The van der Waals surface area contributed by atoms with E-state index in [1.165, 1.54) is 5.56 Å². The first-order chi connectivity index (χ1) is 7.72. The minimum Gasteiger partial charge on any atom is -0.493 e. The molecule has 0 saturated heterocycles. The van der Waals surface area contributed by atoms with Gasteiger partial charge in [-0.3, -0.25) is 0 Å². The number of hydrogen-bond acceptors (Lipinski definition) is 2. The minimum atomic E-state index is 0.0468. The second kappa shape index (κ2) is 5.07. The van der Waals surface area contributed by atoms with Crippen molar-refractivity contribution in [3.8, 4) is 5.75 Å². The molecule has 0 bridgehead atoms. The lowest BCUT2D eigenvalue weighted by Crippen LogP contribution is -2.11. The van der Waals surface area contributed by atoms with Crippen molar-refractivity contribution in [3.63, 3.8) is 0 Å². The molecular weight excluding hydrogens is 222 g/mol. The quantitative estimate of drug-likeness (QED) is 0.873. The zero-order valence-corrected chi connectivity index (χ0v) is 10.4. The number of nitrogens with two attached hydrogens (primary N) is 1. The molecule has 2 rings (SSSR count). The monoisotopic (exact) mass is 239 g/mol. The molecule has 16 heavy (non-hydrogen) atoms. The van der Waals surface area contributed by atoms with Crippen LogP contribution in [0.15, 0.2) is 12.1 Å². The van der Waals surface area contributed by atoms with Gasteiger partial charge < -0.3 is 10.5 Å². The van der Waals surface area contributed by atoms with E-state index >= 15 is 0 Å². The van der Waals surface area contributed by atoms with E-state index in [4.69, 9.17) is 22.1 Å². The predicted octanol–water partition coefficient (Wildman–Crippen LogP) is 3.46. The van der Waals surface area contributed by atoms with Crippen LogP contribution in [-0.2, 0) is 6.42 Å². The third kappa shape index (κ3) is 2.33. The first-order valence-corrected chi connectivity index (χ1v) is 6.31. The van der Waals surface area contributed by atoms with Crippen molar-refractivity contribution in [2.45, 2.75) is 38.6 Å². The van der Waals surface area contributed by atoms with Crippen LogP contribution in [0.4, 0.5) is 0 Å². The van der Waals surface area contributed by atoms with Crippen molar-refractivity contribution in [1.29, 1.82) is 0 Å². The molecule has 1 aromatic rings. The second-order valence-electron chi connectivity index (χ2n) is 4.33. The number of fused-ring (bicyclic) bond motifs is 1. The summed E-state index contributed by atoms with van der Waals surface area (Å²) < 4.78 is 5.65. The Hall–Kier alpha value is -0.730. The Balaban J connectivity index is 2.26. The summed E-state index contributed by atoms with van der Waals surface area (Å²) in [6.07, 6.45) is 4.25. The molecule has 0 spiro atoms. The average Bonchev–Trinajstić information content (AvgIpc) is 2.72. The van der Waals surface area contributed by atoms with Gasteiger partial charge in [0.1, 0.15) is 5.75 Å². The zero-order valence-electron chi connectivity index (χ0n) is 9.63. The van der Waals surface area contributed by atoms with Gasteiger partial charge in [0.15, 0.2) is 0 Å². The van der Waals surface area contributed by atoms with Crippen molar-refractivity contribution in [1.82, 2.24) is 0 Å². The second-order valence-corrected chi connectivity index (χ2v) is 4.77. The molecule has 0 amide bonds. The van der Waals surface area contributed by atoms with Crippen molar-refractivity contribution in [3.05, 3.63) is 28.3 Å². The molecule has 2 nitrogen and oxygen atoms in total. The van der Waals surface area contributed by atoms with Crippen LogP contribution in [-0.4, -0.2) is 6.61 Å². The molecular formula is C13H18ClNO. The predicted molar refractivity (Wildman–Crippen MR) is 67.1 cm³/mol. The fraction of sp³-hybridized carbons (Fsp3) is 0.538. The van der Waals surface area contributed by atoms with Crippen LogP contribution in [0.5, 0.6) is 5.75 Å². The van der Waals surface area contributed by atoms with Crippen LogP contribution < -0.4 is 10.5 Å². The summed E-state index contributed by atoms with van der Waals surface area (Å²) in [5, 5.41) is 0.770. The number of rotatable bonds is 4. The number of hydrogen-bond donors (Lipinski definition) is 1. The summed E-state index contributed by atoms with van der Waals surface area (Å²) in [4.78, 5) is 0. The topological polar surface area (TPSA) is 35.2 Å². The molecule has 1 aliphatic heterocycles. The molecule has 0 saturated carbocycles. The van der Waals surface area contributed by atoms with Gasteiger partial charge in [-0.2, -0.15) is 0 Å². The lowest BCUT2D eigenvalue weighted by atomic mass is 9.98. The lowest BCUT2D eigenvalue weighted by molar-refractivity contribution is 0.350.